The molecule has 0 spiro atoms. The SMILES string of the molecule is NC(=O)c1ccc(NC(=O)CNC(=O)Cc2ccccc2)cc1. The first-order valence-corrected chi connectivity index (χ1v) is 7.05. The first kappa shape index (κ1) is 16.2. The van der Waals surface area contributed by atoms with Crippen LogP contribution in [0.25, 0.3) is 0 Å². The molecule has 118 valence electrons. The minimum Gasteiger partial charge on any atom is -0.366 e. The van der Waals surface area contributed by atoms with Gasteiger partial charge in [0, 0.05) is 11.3 Å². The van der Waals surface area contributed by atoms with Gasteiger partial charge in [-0.1, -0.05) is 30.3 Å². The molecule has 2 aromatic rings. The maximum absolute atomic E-state index is 11.8. The van der Waals surface area contributed by atoms with Gasteiger partial charge in [0.15, 0.2) is 0 Å². The van der Waals surface area contributed by atoms with Crippen LogP contribution in [0, 0.1) is 0 Å². The Kier molecular flexibility index (Phi) is 5.46. The van der Waals surface area contributed by atoms with Crippen LogP contribution in [-0.2, 0) is 16.0 Å². The van der Waals surface area contributed by atoms with Gasteiger partial charge in [0.25, 0.3) is 0 Å². The maximum atomic E-state index is 11.8. The van der Waals surface area contributed by atoms with Crippen molar-refractivity contribution in [2.24, 2.45) is 5.73 Å². The molecule has 0 radical (unpaired) electrons. The number of carbonyl (C=O) groups is 3. The Labute approximate surface area is 133 Å². The molecule has 3 amide bonds. The van der Waals surface area contributed by atoms with Gasteiger partial charge in [-0.05, 0) is 29.8 Å². The Morgan fingerprint density at radius 2 is 1.52 bits per heavy atom. The van der Waals surface area contributed by atoms with Crippen molar-refractivity contribution in [2.45, 2.75) is 6.42 Å². The Morgan fingerprint density at radius 3 is 2.13 bits per heavy atom. The standard InChI is InChI=1S/C17H17N3O3/c18-17(23)13-6-8-14(9-7-13)20-16(22)11-19-15(21)10-12-4-2-1-3-5-12/h1-9H,10-11H2,(H2,18,23)(H,19,21)(H,20,22). The number of amides is 3. The van der Waals surface area contributed by atoms with Crippen LogP contribution in [0.4, 0.5) is 5.69 Å². The summed E-state index contributed by atoms with van der Waals surface area (Å²) in [6, 6.07) is 15.5. The summed E-state index contributed by atoms with van der Waals surface area (Å²) in [6.45, 7) is -0.122. The lowest BCUT2D eigenvalue weighted by Gasteiger charge is -2.07. The first-order chi connectivity index (χ1) is 11.0. The minimum absolute atomic E-state index is 0.122. The van der Waals surface area contributed by atoms with Gasteiger partial charge >= 0.3 is 0 Å². The van der Waals surface area contributed by atoms with Crippen molar-refractivity contribution in [2.75, 3.05) is 11.9 Å². The Morgan fingerprint density at radius 1 is 0.870 bits per heavy atom. The zero-order valence-corrected chi connectivity index (χ0v) is 12.4. The third-order valence-electron chi connectivity index (χ3n) is 3.11. The minimum atomic E-state index is -0.531. The molecule has 0 heterocycles. The van der Waals surface area contributed by atoms with E-state index < -0.39 is 5.91 Å². The van der Waals surface area contributed by atoms with Gasteiger partial charge in [0.05, 0.1) is 13.0 Å². The molecule has 23 heavy (non-hydrogen) atoms. The number of carbonyl (C=O) groups excluding carboxylic acids is 3. The third-order valence-corrected chi connectivity index (χ3v) is 3.11. The van der Waals surface area contributed by atoms with Gasteiger partial charge in [-0.2, -0.15) is 0 Å². The van der Waals surface area contributed by atoms with Crippen LogP contribution in [-0.4, -0.2) is 24.3 Å². The molecule has 4 N–H and O–H groups in total. The topological polar surface area (TPSA) is 101 Å². The molecule has 0 saturated heterocycles. The van der Waals surface area contributed by atoms with Gasteiger partial charge in [-0.25, -0.2) is 0 Å². The van der Waals surface area contributed by atoms with E-state index in [2.05, 4.69) is 10.6 Å². The number of hydrogen-bond acceptors (Lipinski definition) is 3. The summed E-state index contributed by atoms with van der Waals surface area (Å²) in [4.78, 5) is 34.5. The lowest BCUT2D eigenvalue weighted by Crippen LogP contribution is -2.33. The van der Waals surface area contributed by atoms with E-state index in [9.17, 15) is 14.4 Å². The van der Waals surface area contributed by atoms with Crippen LogP contribution >= 0.6 is 0 Å². The molecule has 0 bridgehead atoms. The number of benzene rings is 2. The summed E-state index contributed by atoms with van der Waals surface area (Å²) >= 11 is 0. The summed E-state index contributed by atoms with van der Waals surface area (Å²) in [7, 11) is 0. The van der Waals surface area contributed by atoms with Crippen molar-refractivity contribution in [3.63, 3.8) is 0 Å². The summed E-state index contributed by atoms with van der Waals surface area (Å²) in [6.07, 6.45) is 0.224. The van der Waals surface area contributed by atoms with Crippen LogP contribution in [0.1, 0.15) is 15.9 Å². The molecule has 0 atom stereocenters. The highest BCUT2D eigenvalue weighted by atomic mass is 16.2. The number of nitrogens with two attached hydrogens (primary N) is 1. The van der Waals surface area contributed by atoms with E-state index in [4.69, 9.17) is 5.73 Å². The number of anilines is 1. The van der Waals surface area contributed by atoms with Crippen LogP contribution in [0.3, 0.4) is 0 Å². The lowest BCUT2D eigenvalue weighted by molar-refractivity contribution is -0.123. The van der Waals surface area contributed by atoms with E-state index in [-0.39, 0.29) is 24.8 Å². The highest BCUT2D eigenvalue weighted by Gasteiger charge is 2.07. The first-order valence-electron chi connectivity index (χ1n) is 7.05. The summed E-state index contributed by atoms with van der Waals surface area (Å²) in [5, 5.41) is 5.18. The maximum Gasteiger partial charge on any atom is 0.248 e. The van der Waals surface area contributed by atoms with Crippen molar-refractivity contribution >= 4 is 23.4 Å². The largest absolute Gasteiger partial charge is 0.366 e. The molecule has 2 rings (SSSR count). The van der Waals surface area contributed by atoms with E-state index in [1.807, 2.05) is 30.3 Å². The van der Waals surface area contributed by atoms with E-state index in [1.165, 1.54) is 12.1 Å². The molecule has 0 aliphatic carbocycles. The van der Waals surface area contributed by atoms with Crippen LogP contribution < -0.4 is 16.4 Å². The molecule has 0 aromatic heterocycles. The molecule has 6 nitrogen and oxygen atoms in total. The quantitative estimate of drug-likeness (QED) is 0.744. The average Bonchev–Trinajstić information content (AvgIpc) is 2.54. The number of primary amides is 1. The van der Waals surface area contributed by atoms with Crippen molar-refractivity contribution in [3.8, 4) is 0 Å². The molecule has 0 unspecified atom stereocenters. The third kappa shape index (κ3) is 5.28. The molecule has 0 saturated carbocycles. The van der Waals surface area contributed by atoms with Crippen LogP contribution in [0.5, 0.6) is 0 Å². The van der Waals surface area contributed by atoms with Crippen LogP contribution in [0.15, 0.2) is 54.6 Å². The molecular weight excluding hydrogens is 294 g/mol. The Balaban J connectivity index is 1.78. The monoisotopic (exact) mass is 311 g/mol. The molecule has 0 aliphatic rings. The zero-order chi connectivity index (χ0) is 16.7. The zero-order valence-electron chi connectivity index (χ0n) is 12.4. The second-order valence-corrected chi connectivity index (χ2v) is 4.93. The van der Waals surface area contributed by atoms with Crippen molar-refractivity contribution in [3.05, 3.63) is 65.7 Å². The fourth-order valence-electron chi connectivity index (χ4n) is 1.95. The van der Waals surface area contributed by atoms with E-state index in [1.54, 1.807) is 12.1 Å². The van der Waals surface area contributed by atoms with Gasteiger partial charge in [-0.15, -0.1) is 0 Å². The summed E-state index contributed by atoms with van der Waals surface area (Å²) in [5.74, 6) is -1.11. The highest BCUT2D eigenvalue weighted by molar-refractivity contribution is 5.96. The highest BCUT2D eigenvalue weighted by Crippen LogP contribution is 2.08. The predicted molar refractivity (Wildman–Crippen MR) is 86.7 cm³/mol. The molecular formula is C17H17N3O3. The second-order valence-electron chi connectivity index (χ2n) is 4.93. The average molecular weight is 311 g/mol. The van der Waals surface area contributed by atoms with E-state index in [0.29, 0.717) is 11.3 Å². The van der Waals surface area contributed by atoms with Crippen molar-refractivity contribution < 1.29 is 14.4 Å². The van der Waals surface area contributed by atoms with Crippen molar-refractivity contribution in [1.82, 2.24) is 5.32 Å². The molecule has 0 aliphatic heterocycles. The number of hydrogen-bond donors (Lipinski definition) is 3. The smallest absolute Gasteiger partial charge is 0.248 e. The van der Waals surface area contributed by atoms with Gasteiger partial charge in [0.2, 0.25) is 17.7 Å². The van der Waals surface area contributed by atoms with Crippen LogP contribution in [0.2, 0.25) is 0 Å². The van der Waals surface area contributed by atoms with E-state index in [0.717, 1.165) is 5.56 Å². The fourth-order valence-corrected chi connectivity index (χ4v) is 1.95. The summed E-state index contributed by atoms with van der Waals surface area (Å²) < 4.78 is 0. The molecule has 2 aromatic carbocycles. The van der Waals surface area contributed by atoms with Gasteiger partial charge in [-0.3, -0.25) is 14.4 Å². The van der Waals surface area contributed by atoms with E-state index >= 15 is 0 Å². The Bertz CT molecular complexity index is 697. The van der Waals surface area contributed by atoms with Crippen molar-refractivity contribution in [1.29, 1.82) is 0 Å². The van der Waals surface area contributed by atoms with Gasteiger partial charge < -0.3 is 16.4 Å². The van der Waals surface area contributed by atoms with Gasteiger partial charge in [0.1, 0.15) is 0 Å². The molecule has 0 fully saturated rings. The number of rotatable bonds is 6. The normalized spacial score (nSPS) is 9.91. The number of nitrogens with one attached hydrogen (secondary N) is 2. The fraction of sp³-hybridized carbons (Fsp3) is 0.118. The summed E-state index contributed by atoms with van der Waals surface area (Å²) in [5.41, 5.74) is 6.90. The Hall–Kier alpha value is -3.15. The predicted octanol–water partition coefficient (Wildman–Crippen LogP) is 1.08. The lowest BCUT2D eigenvalue weighted by atomic mass is 10.1. The molecule has 6 heteroatoms. The second kappa shape index (κ2) is 7.74.